The first-order chi connectivity index (χ1) is 14.6. The van der Waals surface area contributed by atoms with Crippen molar-refractivity contribution in [3.63, 3.8) is 0 Å². The summed E-state index contributed by atoms with van der Waals surface area (Å²) >= 11 is 2.95. The molecule has 152 valence electrons. The van der Waals surface area contributed by atoms with Crippen molar-refractivity contribution in [3.8, 4) is 0 Å². The minimum absolute atomic E-state index is 0.120. The van der Waals surface area contributed by atoms with Crippen LogP contribution in [0.5, 0.6) is 0 Å². The lowest BCUT2D eigenvalue weighted by Gasteiger charge is -2.26. The van der Waals surface area contributed by atoms with E-state index in [9.17, 15) is 9.59 Å². The van der Waals surface area contributed by atoms with Crippen molar-refractivity contribution < 1.29 is 9.59 Å². The Hall–Kier alpha value is -2.97. The van der Waals surface area contributed by atoms with Gasteiger partial charge in [0.2, 0.25) is 5.91 Å². The first-order valence-corrected chi connectivity index (χ1v) is 11.5. The number of rotatable bonds is 4. The van der Waals surface area contributed by atoms with Crippen LogP contribution < -0.4 is 5.32 Å². The van der Waals surface area contributed by atoms with Gasteiger partial charge in [-0.1, -0.05) is 29.5 Å². The van der Waals surface area contributed by atoms with Gasteiger partial charge in [-0.15, -0.1) is 0 Å². The molecule has 4 heterocycles. The summed E-state index contributed by atoms with van der Waals surface area (Å²) in [4.78, 5) is 32.8. The predicted octanol–water partition coefficient (Wildman–Crippen LogP) is 4.08. The van der Waals surface area contributed by atoms with Crippen LogP contribution in [0.2, 0.25) is 0 Å². The highest BCUT2D eigenvalue weighted by Gasteiger charge is 2.25. The Morgan fingerprint density at radius 2 is 2.10 bits per heavy atom. The van der Waals surface area contributed by atoms with E-state index in [1.54, 1.807) is 6.07 Å². The summed E-state index contributed by atoms with van der Waals surface area (Å²) in [6, 6.07) is 9.95. The molecule has 4 aromatic rings. The maximum absolute atomic E-state index is 13.0. The number of nitrogens with one attached hydrogen (secondary N) is 1. The van der Waals surface area contributed by atoms with Crippen LogP contribution in [-0.4, -0.2) is 32.8 Å². The van der Waals surface area contributed by atoms with Crippen molar-refractivity contribution in [3.05, 3.63) is 69.0 Å². The molecule has 2 amide bonds. The number of anilines is 1. The van der Waals surface area contributed by atoms with Crippen LogP contribution in [0.1, 0.15) is 26.5 Å². The summed E-state index contributed by atoms with van der Waals surface area (Å²) < 4.78 is 2.07. The molecule has 3 aromatic heterocycles. The standard InChI is InChI=1S/C22H20N4O2S2/c1-25-11-15(16-4-2-3-5-18(16)25)10-20(27)26-8-6-17-19(12-26)30-22(23-17)24-21(28)14-7-9-29-13-14/h2-5,7,9,11,13H,6,8,10,12H2,1H3,(H,23,24,28). The molecule has 30 heavy (non-hydrogen) atoms. The first kappa shape index (κ1) is 19.0. The van der Waals surface area contributed by atoms with E-state index in [4.69, 9.17) is 0 Å². The fourth-order valence-electron chi connectivity index (χ4n) is 3.87. The van der Waals surface area contributed by atoms with E-state index in [1.165, 1.54) is 22.7 Å². The molecule has 0 unspecified atom stereocenters. The normalized spacial score (nSPS) is 13.4. The van der Waals surface area contributed by atoms with E-state index >= 15 is 0 Å². The van der Waals surface area contributed by atoms with Gasteiger partial charge in [0.15, 0.2) is 5.13 Å². The van der Waals surface area contributed by atoms with Gasteiger partial charge in [-0.3, -0.25) is 14.9 Å². The number of benzene rings is 1. The molecule has 8 heteroatoms. The van der Waals surface area contributed by atoms with Crippen molar-refractivity contribution in [2.45, 2.75) is 19.4 Å². The second-order valence-electron chi connectivity index (χ2n) is 7.38. The lowest BCUT2D eigenvalue weighted by molar-refractivity contribution is -0.131. The fraction of sp³-hybridized carbons (Fsp3) is 0.227. The highest BCUT2D eigenvalue weighted by molar-refractivity contribution is 7.16. The number of aromatic nitrogens is 2. The lowest BCUT2D eigenvalue weighted by atomic mass is 10.1. The molecule has 1 aliphatic heterocycles. The Balaban J connectivity index is 1.29. The van der Waals surface area contributed by atoms with Crippen LogP contribution >= 0.6 is 22.7 Å². The van der Waals surface area contributed by atoms with Crippen LogP contribution in [0.15, 0.2) is 47.3 Å². The van der Waals surface area contributed by atoms with E-state index in [-0.39, 0.29) is 11.8 Å². The van der Waals surface area contributed by atoms with Crippen molar-refractivity contribution >= 4 is 50.5 Å². The monoisotopic (exact) mass is 436 g/mol. The number of amides is 2. The zero-order chi connectivity index (χ0) is 20.7. The number of thiophene rings is 1. The number of thiazole rings is 1. The number of carbonyl (C=O) groups is 2. The Bertz CT molecular complexity index is 1240. The largest absolute Gasteiger partial charge is 0.350 e. The van der Waals surface area contributed by atoms with Crippen molar-refractivity contribution in [2.24, 2.45) is 7.05 Å². The van der Waals surface area contributed by atoms with Gasteiger partial charge in [0.1, 0.15) is 0 Å². The molecular formula is C22H20N4O2S2. The number of aryl methyl sites for hydroxylation is 1. The third kappa shape index (κ3) is 3.53. The zero-order valence-corrected chi connectivity index (χ0v) is 18.1. The molecule has 1 aliphatic rings. The van der Waals surface area contributed by atoms with E-state index in [0.29, 0.717) is 36.6 Å². The summed E-state index contributed by atoms with van der Waals surface area (Å²) in [7, 11) is 2.01. The third-order valence-corrected chi connectivity index (χ3v) is 7.09. The van der Waals surface area contributed by atoms with Crippen LogP contribution in [0, 0.1) is 0 Å². The van der Waals surface area contributed by atoms with E-state index < -0.39 is 0 Å². The van der Waals surface area contributed by atoms with E-state index in [0.717, 1.165) is 27.0 Å². The summed E-state index contributed by atoms with van der Waals surface area (Å²) in [6.07, 6.45) is 3.14. The number of hydrogen-bond donors (Lipinski definition) is 1. The second kappa shape index (κ2) is 7.70. The Morgan fingerprint density at radius 1 is 1.23 bits per heavy atom. The number of para-hydroxylation sites is 1. The number of hydrogen-bond acceptors (Lipinski definition) is 5. The maximum atomic E-state index is 13.0. The summed E-state index contributed by atoms with van der Waals surface area (Å²) in [5.41, 5.74) is 3.81. The van der Waals surface area contributed by atoms with Gasteiger partial charge < -0.3 is 9.47 Å². The molecular weight excluding hydrogens is 416 g/mol. The predicted molar refractivity (Wildman–Crippen MR) is 120 cm³/mol. The minimum atomic E-state index is -0.147. The quantitative estimate of drug-likeness (QED) is 0.524. The number of nitrogens with zero attached hydrogens (tertiary/aromatic N) is 3. The van der Waals surface area contributed by atoms with Gasteiger partial charge in [-0.05, 0) is 23.1 Å². The maximum Gasteiger partial charge on any atom is 0.258 e. The minimum Gasteiger partial charge on any atom is -0.350 e. The molecule has 0 aliphatic carbocycles. The molecule has 6 nitrogen and oxygen atoms in total. The van der Waals surface area contributed by atoms with Crippen molar-refractivity contribution in [1.82, 2.24) is 14.5 Å². The van der Waals surface area contributed by atoms with Crippen LogP contribution in [0.25, 0.3) is 10.9 Å². The fourth-order valence-corrected chi connectivity index (χ4v) is 5.52. The van der Waals surface area contributed by atoms with Gasteiger partial charge in [0.25, 0.3) is 5.91 Å². The summed E-state index contributed by atoms with van der Waals surface area (Å²) in [6.45, 7) is 1.20. The van der Waals surface area contributed by atoms with Gasteiger partial charge in [0, 0.05) is 47.4 Å². The Morgan fingerprint density at radius 3 is 2.93 bits per heavy atom. The lowest BCUT2D eigenvalue weighted by Crippen LogP contribution is -2.36. The average molecular weight is 437 g/mol. The highest BCUT2D eigenvalue weighted by Crippen LogP contribution is 2.29. The zero-order valence-electron chi connectivity index (χ0n) is 16.4. The van der Waals surface area contributed by atoms with Crippen molar-refractivity contribution in [1.29, 1.82) is 0 Å². The third-order valence-electron chi connectivity index (χ3n) is 5.41. The smallest absolute Gasteiger partial charge is 0.258 e. The summed E-state index contributed by atoms with van der Waals surface area (Å²) in [5, 5.41) is 8.29. The molecule has 1 N–H and O–H groups in total. The molecule has 0 radical (unpaired) electrons. The highest BCUT2D eigenvalue weighted by atomic mass is 32.1. The molecule has 0 spiro atoms. The van der Waals surface area contributed by atoms with Gasteiger partial charge in [-0.25, -0.2) is 4.98 Å². The number of carbonyl (C=O) groups excluding carboxylic acids is 2. The molecule has 0 fully saturated rings. The molecule has 0 saturated heterocycles. The van der Waals surface area contributed by atoms with Crippen molar-refractivity contribution in [2.75, 3.05) is 11.9 Å². The SMILES string of the molecule is Cn1cc(CC(=O)N2CCc3nc(NC(=O)c4ccsc4)sc3C2)c2ccccc21. The van der Waals surface area contributed by atoms with Crippen LogP contribution in [0.4, 0.5) is 5.13 Å². The Labute approximate surface area is 181 Å². The first-order valence-electron chi connectivity index (χ1n) is 9.71. The van der Waals surface area contributed by atoms with E-state index in [2.05, 4.69) is 27.0 Å². The average Bonchev–Trinajstić information content (AvgIpc) is 3.47. The van der Waals surface area contributed by atoms with Crippen LogP contribution in [-0.2, 0) is 31.2 Å². The van der Waals surface area contributed by atoms with Gasteiger partial charge in [0.05, 0.1) is 24.2 Å². The Kier molecular flexibility index (Phi) is 4.88. The van der Waals surface area contributed by atoms with Gasteiger partial charge in [-0.2, -0.15) is 11.3 Å². The van der Waals surface area contributed by atoms with Crippen LogP contribution in [0.3, 0.4) is 0 Å². The molecule has 0 saturated carbocycles. The topological polar surface area (TPSA) is 67.2 Å². The second-order valence-corrected chi connectivity index (χ2v) is 9.24. The molecule has 5 rings (SSSR count). The summed E-state index contributed by atoms with van der Waals surface area (Å²) in [5.74, 6) is -0.0273. The molecule has 1 aromatic carbocycles. The van der Waals surface area contributed by atoms with Gasteiger partial charge >= 0.3 is 0 Å². The number of fused-ring (bicyclic) bond motifs is 2. The molecule has 0 bridgehead atoms. The molecule has 0 atom stereocenters. The van der Waals surface area contributed by atoms with E-state index in [1.807, 2.05) is 41.0 Å².